The van der Waals surface area contributed by atoms with Crippen molar-refractivity contribution in [3.8, 4) is 0 Å². The molecule has 0 atom stereocenters. The van der Waals surface area contributed by atoms with Gasteiger partial charge in [0.05, 0.1) is 11.4 Å². The lowest BCUT2D eigenvalue weighted by molar-refractivity contribution is 0.717. The van der Waals surface area contributed by atoms with Crippen LogP contribution in [0.5, 0.6) is 0 Å². The van der Waals surface area contributed by atoms with Gasteiger partial charge >= 0.3 is 0 Å². The summed E-state index contributed by atoms with van der Waals surface area (Å²) < 4.78 is 0. The van der Waals surface area contributed by atoms with Gasteiger partial charge in [-0.05, 0) is 30.7 Å². The van der Waals surface area contributed by atoms with Gasteiger partial charge in [0.25, 0.3) is 0 Å². The minimum atomic E-state index is 0.413. The maximum absolute atomic E-state index is 8.54. The molecule has 23 heavy (non-hydrogen) atoms. The Balaban J connectivity index is 1.97. The van der Waals surface area contributed by atoms with Gasteiger partial charge in [0.15, 0.2) is 0 Å². The van der Waals surface area contributed by atoms with Gasteiger partial charge in [-0.15, -0.1) is 0 Å². The Morgan fingerprint density at radius 1 is 0.913 bits per heavy atom. The summed E-state index contributed by atoms with van der Waals surface area (Å²) in [6.45, 7) is 1.69. The van der Waals surface area contributed by atoms with Crippen LogP contribution >= 0.6 is 11.6 Å². The maximum atomic E-state index is 8.54. The zero-order chi connectivity index (χ0) is 16.2. The number of hydrogen-bond acceptors (Lipinski definition) is 3. The van der Waals surface area contributed by atoms with E-state index in [1.807, 2.05) is 36.4 Å². The molecule has 1 aliphatic heterocycles. The second-order valence-corrected chi connectivity index (χ2v) is 5.92. The largest absolute Gasteiger partial charge is 0.313 e. The fraction of sp³-hybridized carbons (Fsp3) is 0.158. The highest BCUT2D eigenvalue weighted by Gasteiger charge is 2.16. The first kappa shape index (κ1) is 15.7. The molecule has 2 aromatic rings. The molecule has 0 radical (unpaired) electrons. The first-order valence-corrected chi connectivity index (χ1v) is 7.97. The van der Waals surface area contributed by atoms with Crippen molar-refractivity contribution in [1.29, 1.82) is 10.8 Å². The lowest BCUT2D eigenvalue weighted by Gasteiger charge is -2.17. The number of halogens is 1. The quantitative estimate of drug-likeness (QED) is 0.730. The van der Waals surface area contributed by atoms with Crippen molar-refractivity contribution in [3.63, 3.8) is 0 Å². The van der Waals surface area contributed by atoms with Crippen LogP contribution in [0.1, 0.15) is 23.1 Å². The Kier molecular flexibility index (Phi) is 4.70. The maximum Gasteiger partial charge on any atom is 0.0691 e. The third-order valence-electron chi connectivity index (χ3n) is 3.98. The molecule has 1 heterocycles. The number of hydrogen-bond donors (Lipinski definition) is 3. The summed E-state index contributed by atoms with van der Waals surface area (Å²) in [6, 6.07) is 14.9. The molecule has 0 spiro atoms. The van der Waals surface area contributed by atoms with Gasteiger partial charge in [0.2, 0.25) is 0 Å². The molecule has 3 N–H and O–H groups in total. The van der Waals surface area contributed by atoms with Crippen LogP contribution in [-0.4, -0.2) is 24.5 Å². The Hall–Kier alpha value is -2.23. The molecule has 0 unspecified atom stereocenters. The molecule has 3 nitrogen and oxygen atoms in total. The number of rotatable bonds is 4. The lowest BCUT2D eigenvalue weighted by Crippen LogP contribution is -2.24. The van der Waals surface area contributed by atoms with Gasteiger partial charge in [-0.1, -0.05) is 54.1 Å². The van der Waals surface area contributed by atoms with Crippen molar-refractivity contribution >= 4 is 23.0 Å². The topological polar surface area (TPSA) is 59.7 Å². The summed E-state index contributed by atoms with van der Waals surface area (Å²) in [5, 5.41) is 21.0. The van der Waals surface area contributed by atoms with Gasteiger partial charge in [0.1, 0.15) is 0 Å². The number of benzene rings is 2. The minimum absolute atomic E-state index is 0.413. The van der Waals surface area contributed by atoms with Crippen molar-refractivity contribution in [2.75, 3.05) is 13.1 Å². The lowest BCUT2D eigenvalue weighted by atomic mass is 9.90. The Bertz CT molecular complexity index is 775. The zero-order valence-corrected chi connectivity index (χ0v) is 13.5. The summed E-state index contributed by atoms with van der Waals surface area (Å²) in [6.07, 6.45) is 2.91. The smallest absolute Gasteiger partial charge is 0.0691 e. The second kappa shape index (κ2) is 6.90. The van der Waals surface area contributed by atoms with E-state index in [1.54, 1.807) is 12.1 Å². The molecular weight excluding hydrogens is 306 g/mol. The van der Waals surface area contributed by atoms with Crippen LogP contribution in [0.3, 0.4) is 0 Å². The van der Waals surface area contributed by atoms with E-state index in [0.29, 0.717) is 16.4 Å². The van der Waals surface area contributed by atoms with Gasteiger partial charge in [-0.3, -0.25) is 10.8 Å². The average molecular weight is 324 g/mol. The van der Waals surface area contributed by atoms with Crippen LogP contribution in [0, 0.1) is 10.8 Å². The predicted octanol–water partition coefficient (Wildman–Crippen LogP) is 4.04. The third kappa shape index (κ3) is 3.41. The van der Waals surface area contributed by atoms with E-state index in [4.69, 9.17) is 22.4 Å². The standard InChI is InChI=1S/C19H18ClN3/c20-15-7-5-13(6-8-15)18(21)16-3-1-2-4-17(16)19(22)14-9-11-23-12-10-14/h1-9,21-23H,10-12H2. The van der Waals surface area contributed by atoms with E-state index in [2.05, 4.69) is 11.4 Å². The normalized spacial score (nSPS) is 14.2. The van der Waals surface area contributed by atoms with Crippen molar-refractivity contribution in [3.05, 3.63) is 81.9 Å². The van der Waals surface area contributed by atoms with Gasteiger partial charge < -0.3 is 5.32 Å². The predicted molar refractivity (Wildman–Crippen MR) is 96.2 cm³/mol. The SMILES string of the molecule is N=C(C1=CCNCC1)c1ccccc1C(=N)c1ccc(Cl)cc1. The van der Waals surface area contributed by atoms with Gasteiger partial charge in [-0.2, -0.15) is 0 Å². The molecule has 0 amide bonds. The first-order valence-electron chi connectivity index (χ1n) is 7.60. The molecule has 4 heteroatoms. The Labute approximate surface area is 141 Å². The van der Waals surface area contributed by atoms with Crippen LogP contribution in [0.2, 0.25) is 5.02 Å². The molecule has 0 fully saturated rings. The molecule has 2 aromatic carbocycles. The highest BCUT2D eigenvalue weighted by molar-refractivity contribution is 6.30. The average Bonchev–Trinajstić information content (AvgIpc) is 2.62. The van der Waals surface area contributed by atoms with Crippen molar-refractivity contribution < 1.29 is 0 Å². The van der Waals surface area contributed by atoms with Gasteiger partial charge in [0, 0.05) is 28.3 Å². The molecule has 0 saturated heterocycles. The highest BCUT2D eigenvalue weighted by atomic mass is 35.5. The van der Waals surface area contributed by atoms with E-state index in [-0.39, 0.29) is 0 Å². The summed E-state index contributed by atoms with van der Waals surface area (Å²) in [7, 11) is 0. The Morgan fingerprint density at radius 3 is 2.17 bits per heavy atom. The molecule has 0 bridgehead atoms. The summed E-state index contributed by atoms with van der Waals surface area (Å²) in [4.78, 5) is 0. The molecule has 0 aliphatic carbocycles. The second-order valence-electron chi connectivity index (χ2n) is 5.49. The zero-order valence-electron chi connectivity index (χ0n) is 12.7. The number of nitrogens with one attached hydrogen (secondary N) is 3. The van der Waals surface area contributed by atoms with Crippen molar-refractivity contribution in [2.24, 2.45) is 0 Å². The molecule has 0 aromatic heterocycles. The highest BCUT2D eigenvalue weighted by Crippen LogP contribution is 2.21. The summed E-state index contributed by atoms with van der Waals surface area (Å²) in [5.74, 6) is 0. The fourth-order valence-electron chi connectivity index (χ4n) is 2.71. The van der Waals surface area contributed by atoms with Crippen LogP contribution in [0.25, 0.3) is 0 Å². The third-order valence-corrected chi connectivity index (χ3v) is 4.24. The van der Waals surface area contributed by atoms with E-state index in [1.165, 1.54) is 0 Å². The van der Waals surface area contributed by atoms with Gasteiger partial charge in [-0.25, -0.2) is 0 Å². The van der Waals surface area contributed by atoms with E-state index in [9.17, 15) is 0 Å². The fourth-order valence-corrected chi connectivity index (χ4v) is 2.84. The monoisotopic (exact) mass is 323 g/mol. The van der Waals surface area contributed by atoms with Crippen LogP contribution in [-0.2, 0) is 0 Å². The van der Waals surface area contributed by atoms with Crippen molar-refractivity contribution in [1.82, 2.24) is 5.32 Å². The minimum Gasteiger partial charge on any atom is -0.313 e. The van der Waals surface area contributed by atoms with E-state index < -0.39 is 0 Å². The first-order chi connectivity index (χ1) is 11.2. The summed E-state index contributed by atoms with van der Waals surface area (Å²) >= 11 is 5.93. The van der Waals surface area contributed by atoms with Crippen LogP contribution < -0.4 is 5.32 Å². The molecule has 1 aliphatic rings. The van der Waals surface area contributed by atoms with E-state index >= 15 is 0 Å². The van der Waals surface area contributed by atoms with E-state index in [0.717, 1.165) is 41.8 Å². The van der Waals surface area contributed by atoms with Crippen LogP contribution in [0.15, 0.2) is 60.2 Å². The molecule has 116 valence electrons. The van der Waals surface area contributed by atoms with Crippen LogP contribution in [0.4, 0.5) is 0 Å². The molecular formula is C19H18ClN3. The summed E-state index contributed by atoms with van der Waals surface area (Å²) in [5.41, 5.74) is 4.35. The van der Waals surface area contributed by atoms with Crippen molar-refractivity contribution in [2.45, 2.75) is 6.42 Å². The molecule has 0 saturated carbocycles. The molecule has 3 rings (SSSR count). The Morgan fingerprint density at radius 2 is 1.57 bits per heavy atom.